The number of piperidine rings is 1. The maximum atomic E-state index is 12.6. The first-order valence-electron chi connectivity index (χ1n) is 11.3. The summed E-state index contributed by atoms with van der Waals surface area (Å²) < 4.78 is 1.87. The fraction of sp³-hybridized carbons (Fsp3) is 0.500. The van der Waals surface area contributed by atoms with Crippen LogP contribution in [0.1, 0.15) is 63.1 Å². The molecule has 2 aliphatic rings. The van der Waals surface area contributed by atoms with Gasteiger partial charge in [-0.25, -0.2) is 9.50 Å². The molecule has 0 aromatic carbocycles. The van der Waals surface area contributed by atoms with Gasteiger partial charge in [-0.2, -0.15) is 5.10 Å². The van der Waals surface area contributed by atoms with Gasteiger partial charge in [0.05, 0.1) is 0 Å². The number of amides is 1. The second-order valence-electron chi connectivity index (χ2n) is 8.78. The number of likely N-dealkylation sites (tertiary alicyclic amines) is 1. The number of rotatable bonds is 5. The fourth-order valence-electron chi connectivity index (χ4n) is 4.95. The highest BCUT2D eigenvalue weighted by Gasteiger charge is 2.27. The molecule has 0 N–H and O–H groups in total. The number of aromatic nitrogens is 4. The zero-order valence-corrected chi connectivity index (χ0v) is 17.4. The van der Waals surface area contributed by atoms with E-state index >= 15 is 0 Å². The Morgan fingerprint density at radius 3 is 2.63 bits per heavy atom. The molecule has 4 heterocycles. The minimum Gasteiger partial charge on any atom is -0.343 e. The van der Waals surface area contributed by atoms with E-state index in [0.717, 1.165) is 67.3 Å². The first kappa shape index (κ1) is 19.2. The van der Waals surface area contributed by atoms with E-state index in [1.54, 1.807) is 6.20 Å². The standard InChI is InChI=1S/C24H29N5O/c30-23(10-7-18-4-1-2-5-18)28-14-11-19(12-15-28)24-26-22-9-8-21(17-29(22)27-24)20-6-3-13-25-16-20/h3,6,8-9,13,16-19H,1-2,4-5,7,10-12,14-15H2. The quantitative estimate of drug-likeness (QED) is 0.631. The van der Waals surface area contributed by atoms with Gasteiger partial charge in [0.25, 0.3) is 0 Å². The van der Waals surface area contributed by atoms with Crippen LogP contribution in [0.2, 0.25) is 0 Å². The molecule has 0 atom stereocenters. The average Bonchev–Trinajstić information content (AvgIpc) is 3.47. The van der Waals surface area contributed by atoms with Crippen molar-refractivity contribution in [2.24, 2.45) is 5.92 Å². The first-order chi connectivity index (χ1) is 14.8. The third kappa shape index (κ3) is 4.09. The van der Waals surface area contributed by atoms with Crippen molar-refractivity contribution in [2.45, 2.75) is 57.3 Å². The van der Waals surface area contributed by atoms with E-state index in [1.807, 2.05) is 35.1 Å². The predicted molar refractivity (Wildman–Crippen MR) is 116 cm³/mol. The molecule has 1 aliphatic carbocycles. The Bertz CT molecular complexity index is 1000. The van der Waals surface area contributed by atoms with Gasteiger partial charge in [-0.15, -0.1) is 0 Å². The van der Waals surface area contributed by atoms with Gasteiger partial charge in [-0.1, -0.05) is 31.7 Å². The highest BCUT2D eigenvalue weighted by atomic mass is 16.2. The number of pyridine rings is 2. The summed E-state index contributed by atoms with van der Waals surface area (Å²) in [5, 5.41) is 4.76. The minimum atomic E-state index is 0.325. The number of hydrogen-bond donors (Lipinski definition) is 0. The van der Waals surface area contributed by atoms with Crippen molar-refractivity contribution in [1.29, 1.82) is 0 Å². The lowest BCUT2D eigenvalue weighted by molar-refractivity contribution is -0.132. The lowest BCUT2D eigenvalue weighted by Crippen LogP contribution is -2.38. The Kier molecular flexibility index (Phi) is 5.47. The summed E-state index contributed by atoms with van der Waals surface area (Å²) in [4.78, 5) is 23.6. The molecule has 0 bridgehead atoms. The monoisotopic (exact) mass is 403 g/mol. The Morgan fingerprint density at radius 1 is 1.03 bits per heavy atom. The Morgan fingerprint density at radius 2 is 1.87 bits per heavy atom. The Balaban J connectivity index is 1.21. The number of nitrogens with zero attached hydrogens (tertiary/aromatic N) is 5. The van der Waals surface area contributed by atoms with Crippen LogP contribution in [0, 0.1) is 5.92 Å². The van der Waals surface area contributed by atoms with E-state index in [1.165, 1.54) is 25.7 Å². The van der Waals surface area contributed by atoms with Gasteiger partial charge in [0, 0.05) is 55.1 Å². The van der Waals surface area contributed by atoms with E-state index in [-0.39, 0.29) is 0 Å². The summed E-state index contributed by atoms with van der Waals surface area (Å²) in [6.45, 7) is 1.65. The highest BCUT2D eigenvalue weighted by Crippen LogP contribution is 2.30. The van der Waals surface area contributed by atoms with Crippen molar-refractivity contribution >= 4 is 11.6 Å². The predicted octanol–water partition coefficient (Wildman–Crippen LogP) is 4.47. The van der Waals surface area contributed by atoms with Gasteiger partial charge in [-0.05, 0) is 43.4 Å². The molecule has 1 saturated heterocycles. The third-order valence-electron chi connectivity index (χ3n) is 6.80. The van der Waals surface area contributed by atoms with Crippen molar-refractivity contribution in [1.82, 2.24) is 24.5 Å². The van der Waals surface area contributed by atoms with Gasteiger partial charge in [0.1, 0.15) is 0 Å². The van der Waals surface area contributed by atoms with Crippen LogP contribution >= 0.6 is 0 Å². The molecule has 0 radical (unpaired) electrons. The molecule has 0 spiro atoms. The lowest BCUT2D eigenvalue weighted by atomic mass is 9.95. The number of carbonyl (C=O) groups excluding carboxylic acids is 1. The van der Waals surface area contributed by atoms with Crippen LogP contribution in [0.3, 0.4) is 0 Å². The topological polar surface area (TPSA) is 63.4 Å². The van der Waals surface area contributed by atoms with Gasteiger partial charge < -0.3 is 4.90 Å². The van der Waals surface area contributed by atoms with Crippen molar-refractivity contribution in [3.05, 3.63) is 48.7 Å². The zero-order chi connectivity index (χ0) is 20.3. The van der Waals surface area contributed by atoms with Crippen molar-refractivity contribution in [3.63, 3.8) is 0 Å². The average molecular weight is 404 g/mol. The van der Waals surface area contributed by atoms with E-state index in [0.29, 0.717) is 11.8 Å². The Hall–Kier alpha value is -2.76. The van der Waals surface area contributed by atoms with Crippen LogP contribution in [0.15, 0.2) is 42.9 Å². The van der Waals surface area contributed by atoms with Crippen LogP contribution in [0.25, 0.3) is 16.8 Å². The first-order valence-corrected chi connectivity index (χ1v) is 11.3. The smallest absolute Gasteiger partial charge is 0.222 e. The molecule has 1 aliphatic heterocycles. The van der Waals surface area contributed by atoms with Gasteiger partial charge in [0.2, 0.25) is 5.91 Å². The zero-order valence-electron chi connectivity index (χ0n) is 17.4. The molecule has 2 fully saturated rings. The maximum Gasteiger partial charge on any atom is 0.222 e. The summed E-state index contributed by atoms with van der Waals surface area (Å²) in [7, 11) is 0. The molecule has 6 heteroatoms. The van der Waals surface area contributed by atoms with Crippen molar-refractivity contribution in [3.8, 4) is 11.1 Å². The summed E-state index contributed by atoms with van der Waals surface area (Å²) in [5.41, 5.74) is 3.02. The largest absolute Gasteiger partial charge is 0.343 e. The third-order valence-corrected chi connectivity index (χ3v) is 6.80. The second kappa shape index (κ2) is 8.54. The summed E-state index contributed by atoms with van der Waals surface area (Å²) in [5.74, 6) is 2.34. The van der Waals surface area contributed by atoms with Gasteiger partial charge >= 0.3 is 0 Å². The lowest BCUT2D eigenvalue weighted by Gasteiger charge is -2.31. The molecule has 3 aromatic rings. The molecule has 5 rings (SSSR count). The van der Waals surface area contributed by atoms with E-state index in [2.05, 4.69) is 16.0 Å². The van der Waals surface area contributed by atoms with Crippen molar-refractivity contribution in [2.75, 3.05) is 13.1 Å². The summed E-state index contributed by atoms with van der Waals surface area (Å²) in [6, 6.07) is 8.07. The molecule has 30 heavy (non-hydrogen) atoms. The van der Waals surface area contributed by atoms with Crippen LogP contribution in [-0.4, -0.2) is 43.5 Å². The summed E-state index contributed by atoms with van der Waals surface area (Å²) >= 11 is 0. The molecule has 3 aromatic heterocycles. The molecule has 0 unspecified atom stereocenters. The number of hydrogen-bond acceptors (Lipinski definition) is 4. The summed E-state index contributed by atoms with van der Waals surface area (Å²) in [6.07, 6.45) is 14.7. The van der Waals surface area contributed by atoms with Gasteiger partial charge in [0.15, 0.2) is 11.5 Å². The van der Waals surface area contributed by atoms with Crippen molar-refractivity contribution < 1.29 is 4.79 Å². The van der Waals surface area contributed by atoms with Crippen LogP contribution in [0.5, 0.6) is 0 Å². The normalized spacial score (nSPS) is 18.3. The minimum absolute atomic E-state index is 0.325. The maximum absolute atomic E-state index is 12.6. The molecule has 6 nitrogen and oxygen atoms in total. The van der Waals surface area contributed by atoms with Crippen LogP contribution in [-0.2, 0) is 4.79 Å². The van der Waals surface area contributed by atoms with Crippen LogP contribution in [0.4, 0.5) is 0 Å². The molecule has 1 amide bonds. The number of carbonyl (C=O) groups is 1. The van der Waals surface area contributed by atoms with E-state index < -0.39 is 0 Å². The Labute approximate surface area is 177 Å². The van der Waals surface area contributed by atoms with Gasteiger partial charge in [-0.3, -0.25) is 9.78 Å². The molecular weight excluding hydrogens is 374 g/mol. The van der Waals surface area contributed by atoms with E-state index in [4.69, 9.17) is 10.1 Å². The molecule has 156 valence electrons. The number of fused-ring (bicyclic) bond motifs is 1. The fourth-order valence-corrected chi connectivity index (χ4v) is 4.95. The molecule has 1 saturated carbocycles. The van der Waals surface area contributed by atoms with Crippen LogP contribution < -0.4 is 0 Å². The molecular formula is C24H29N5O. The second-order valence-corrected chi connectivity index (χ2v) is 8.78. The highest BCUT2D eigenvalue weighted by molar-refractivity contribution is 5.76. The SMILES string of the molecule is O=C(CCC1CCCC1)N1CCC(c2nc3ccc(-c4cccnc4)cn3n2)CC1. The van der Waals surface area contributed by atoms with E-state index in [9.17, 15) is 4.79 Å².